The largest absolute Gasteiger partial charge is 0.337 e. The van der Waals surface area contributed by atoms with Gasteiger partial charge in [-0.3, -0.25) is 4.79 Å². The van der Waals surface area contributed by atoms with Crippen molar-refractivity contribution in [2.24, 2.45) is 11.7 Å². The normalized spacial score (nSPS) is 19.9. The second-order valence-corrected chi connectivity index (χ2v) is 3.86. The highest BCUT2D eigenvalue weighted by molar-refractivity contribution is 5.83. The molecule has 0 spiro atoms. The highest BCUT2D eigenvalue weighted by Crippen LogP contribution is 2.21. The number of hydrogen-bond acceptors (Lipinski definition) is 2. The molecule has 1 rings (SSSR count). The molecule has 0 aromatic rings. The van der Waals surface area contributed by atoms with Crippen LogP contribution in [0.5, 0.6) is 0 Å². The fraction of sp³-hybridized carbons (Fsp3) is 0.889. The van der Waals surface area contributed by atoms with E-state index in [1.54, 1.807) is 0 Å². The lowest BCUT2D eigenvalue weighted by Gasteiger charge is -2.32. The molecule has 0 radical (unpaired) electrons. The van der Waals surface area contributed by atoms with Gasteiger partial charge in [0.25, 0.3) is 5.91 Å². The van der Waals surface area contributed by atoms with E-state index in [1.165, 1.54) is 4.90 Å². The first-order chi connectivity index (χ1) is 6.45. The smallest absolute Gasteiger partial charge is 0.322 e. The van der Waals surface area contributed by atoms with Crippen LogP contribution in [0.3, 0.4) is 0 Å². The van der Waals surface area contributed by atoms with Gasteiger partial charge in [0.15, 0.2) is 0 Å². The molecule has 82 valence electrons. The van der Waals surface area contributed by atoms with Crippen LogP contribution in [0.1, 0.15) is 19.8 Å². The van der Waals surface area contributed by atoms with Crippen molar-refractivity contribution in [2.75, 3.05) is 19.6 Å². The summed E-state index contributed by atoms with van der Waals surface area (Å²) in [5, 5.41) is 0. The van der Waals surface area contributed by atoms with E-state index >= 15 is 0 Å². The number of nitrogens with zero attached hydrogens (tertiary/aromatic N) is 1. The van der Waals surface area contributed by atoms with E-state index in [-0.39, 0.29) is 0 Å². The van der Waals surface area contributed by atoms with E-state index in [0.717, 1.165) is 12.8 Å². The summed E-state index contributed by atoms with van der Waals surface area (Å²) in [7, 11) is 0. The Morgan fingerprint density at radius 2 is 2.00 bits per heavy atom. The predicted molar refractivity (Wildman–Crippen MR) is 49.0 cm³/mol. The van der Waals surface area contributed by atoms with Gasteiger partial charge in [-0.2, -0.15) is 8.78 Å². The van der Waals surface area contributed by atoms with Crippen LogP contribution in [-0.4, -0.2) is 36.4 Å². The Labute approximate surface area is 82.2 Å². The molecular formula is C9H16F2N2O. The third-order valence-electron chi connectivity index (χ3n) is 2.61. The molecule has 0 saturated carbocycles. The van der Waals surface area contributed by atoms with Crippen molar-refractivity contribution in [1.82, 2.24) is 4.90 Å². The van der Waals surface area contributed by atoms with Gasteiger partial charge >= 0.3 is 5.92 Å². The lowest BCUT2D eigenvalue weighted by atomic mass is 9.97. The van der Waals surface area contributed by atoms with Crippen molar-refractivity contribution in [3.05, 3.63) is 0 Å². The van der Waals surface area contributed by atoms with E-state index in [0.29, 0.717) is 32.5 Å². The molecule has 0 aromatic heterocycles. The summed E-state index contributed by atoms with van der Waals surface area (Å²) in [5.41, 5.74) is 5.46. The van der Waals surface area contributed by atoms with Gasteiger partial charge in [-0.05, 0) is 25.3 Å². The maximum Gasteiger partial charge on any atom is 0.322 e. The van der Waals surface area contributed by atoms with Crippen molar-refractivity contribution in [2.45, 2.75) is 25.7 Å². The maximum atomic E-state index is 12.7. The molecule has 1 aliphatic heterocycles. The van der Waals surface area contributed by atoms with Crippen molar-refractivity contribution >= 4 is 5.91 Å². The van der Waals surface area contributed by atoms with E-state index in [4.69, 9.17) is 5.73 Å². The van der Waals surface area contributed by atoms with Gasteiger partial charge in [0.2, 0.25) is 0 Å². The monoisotopic (exact) mass is 206 g/mol. The number of piperidine rings is 1. The number of carbonyl (C=O) groups is 1. The predicted octanol–water partition coefficient (Wildman–Crippen LogP) is 0.839. The highest BCUT2D eigenvalue weighted by atomic mass is 19.3. The number of alkyl halides is 2. The van der Waals surface area contributed by atoms with Crippen LogP contribution in [0.15, 0.2) is 0 Å². The summed E-state index contributed by atoms with van der Waals surface area (Å²) in [6, 6.07) is 0. The van der Waals surface area contributed by atoms with Gasteiger partial charge in [-0.1, -0.05) is 0 Å². The minimum atomic E-state index is -3.24. The topological polar surface area (TPSA) is 46.3 Å². The molecule has 1 heterocycles. The summed E-state index contributed by atoms with van der Waals surface area (Å²) in [6.45, 7) is 2.03. The van der Waals surface area contributed by atoms with Gasteiger partial charge in [0.1, 0.15) is 0 Å². The molecule has 0 bridgehead atoms. The molecule has 0 atom stereocenters. The van der Waals surface area contributed by atoms with Gasteiger partial charge in [0, 0.05) is 20.0 Å². The summed E-state index contributed by atoms with van der Waals surface area (Å²) >= 11 is 0. The van der Waals surface area contributed by atoms with E-state index in [9.17, 15) is 13.6 Å². The first kappa shape index (κ1) is 11.4. The fourth-order valence-corrected chi connectivity index (χ4v) is 1.65. The minimum Gasteiger partial charge on any atom is -0.337 e. The number of nitrogens with two attached hydrogens (primary N) is 1. The molecule has 0 unspecified atom stereocenters. The standard InChI is InChI=1S/C9H16F2N2O/c1-9(10,11)8(14)13-4-2-7(6-12)3-5-13/h7H,2-6,12H2,1H3. The average Bonchev–Trinajstić information content (AvgIpc) is 2.15. The van der Waals surface area contributed by atoms with Crippen LogP contribution in [0.25, 0.3) is 0 Å². The van der Waals surface area contributed by atoms with Crippen LogP contribution >= 0.6 is 0 Å². The zero-order valence-corrected chi connectivity index (χ0v) is 8.30. The first-order valence-electron chi connectivity index (χ1n) is 4.82. The number of amides is 1. The molecule has 1 aliphatic rings. The quantitative estimate of drug-likeness (QED) is 0.727. The number of halogens is 2. The summed E-state index contributed by atoms with van der Waals surface area (Å²) in [4.78, 5) is 12.4. The SMILES string of the molecule is CC(F)(F)C(=O)N1CCC(CN)CC1. The summed E-state index contributed by atoms with van der Waals surface area (Å²) < 4.78 is 25.3. The number of carbonyl (C=O) groups excluding carboxylic acids is 1. The molecule has 3 nitrogen and oxygen atoms in total. The third-order valence-corrected chi connectivity index (χ3v) is 2.61. The fourth-order valence-electron chi connectivity index (χ4n) is 1.65. The Morgan fingerprint density at radius 3 is 2.36 bits per heavy atom. The molecule has 1 amide bonds. The Balaban J connectivity index is 2.46. The van der Waals surface area contributed by atoms with Crippen LogP contribution in [-0.2, 0) is 4.79 Å². The van der Waals surface area contributed by atoms with Crippen LogP contribution < -0.4 is 5.73 Å². The number of likely N-dealkylation sites (tertiary alicyclic amines) is 1. The zero-order chi connectivity index (χ0) is 10.8. The van der Waals surface area contributed by atoms with Crippen molar-refractivity contribution < 1.29 is 13.6 Å². The average molecular weight is 206 g/mol. The molecule has 1 saturated heterocycles. The van der Waals surface area contributed by atoms with Crippen LogP contribution in [0, 0.1) is 5.92 Å². The third kappa shape index (κ3) is 2.64. The molecule has 5 heteroatoms. The van der Waals surface area contributed by atoms with Gasteiger partial charge in [-0.15, -0.1) is 0 Å². The number of hydrogen-bond donors (Lipinski definition) is 1. The molecular weight excluding hydrogens is 190 g/mol. The lowest BCUT2D eigenvalue weighted by Crippen LogP contribution is -2.46. The Morgan fingerprint density at radius 1 is 1.50 bits per heavy atom. The van der Waals surface area contributed by atoms with Crippen molar-refractivity contribution in [3.63, 3.8) is 0 Å². The maximum absolute atomic E-state index is 12.7. The molecule has 14 heavy (non-hydrogen) atoms. The highest BCUT2D eigenvalue weighted by Gasteiger charge is 2.37. The molecule has 2 N–H and O–H groups in total. The van der Waals surface area contributed by atoms with Gasteiger partial charge < -0.3 is 10.6 Å². The van der Waals surface area contributed by atoms with Gasteiger partial charge in [-0.25, -0.2) is 0 Å². The van der Waals surface area contributed by atoms with Crippen molar-refractivity contribution in [1.29, 1.82) is 0 Å². The lowest BCUT2D eigenvalue weighted by molar-refractivity contribution is -0.156. The second-order valence-electron chi connectivity index (χ2n) is 3.86. The van der Waals surface area contributed by atoms with Crippen molar-refractivity contribution in [3.8, 4) is 0 Å². The Kier molecular flexibility index (Phi) is 3.42. The molecule has 0 aromatic carbocycles. The number of rotatable bonds is 2. The molecule has 1 fully saturated rings. The van der Waals surface area contributed by atoms with Crippen LogP contribution in [0.4, 0.5) is 8.78 Å². The van der Waals surface area contributed by atoms with Gasteiger partial charge in [0.05, 0.1) is 0 Å². The molecule has 0 aliphatic carbocycles. The minimum absolute atomic E-state index is 0.379. The second kappa shape index (κ2) is 4.21. The van der Waals surface area contributed by atoms with E-state index in [1.807, 2.05) is 0 Å². The van der Waals surface area contributed by atoms with E-state index in [2.05, 4.69) is 0 Å². The Hall–Kier alpha value is -0.710. The summed E-state index contributed by atoms with van der Waals surface area (Å²) in [6.07, 6.45) is 1.47. The Bertz CT molecular complexity index is 207. The first-order valence-corrected chi connectivity index (χ1v) is 4.82. The van der Waals surface area contributed by atoms with E-state index < -0.39 is 11.8 Å². The summed E-state index contributed by atoms with van der Waals surface area (Å²) in [5.74, 6) is -3.92. The zero-order valence-electron chi connectivity index (χ0n) is 8.30. The van der Waals surface area contributed by atoms with Crippen LogP contribution in [0.2, 0.25) is 0 Å².